The molecule has 112 valence electrons. The number of nitrogens with zero attached hydrogens (tertiary/aromatic N) is 3. The zero-order valence-corrected chi connectivity index (χ0v) is 12.5. The molecule has 0 saturated heterocycles. The average Bonchev–Trinajstić information content (AvgIpc) is 2.53. The molecule has 0 fully saturated rings. The number of aromatic nitrogens is 1. The number of anilines is 1. The molecule has 7 nitrogen and oxygen atoms in total. The van der Waals surface area contributed by atoms with Gasteiger partial charge in [0, 0.05) is 12.3 Å². The van der Waals surface area contributed by atoms with Crippen LogP contribution in [0.15, 0.2) is 53.8 Å². The van der Waals surface area contributed by atoms with Crippen LogP contribution < -0.4 is 10.7 Å². The van der Waals surface area contributed by atoms with E-state index in [2.05, 4.69) is 20.8 Å². The predicted molar refractivity (Wildman–Crippen MR) is 88.9 cm³/mol. The van der Waals surface area contributed by atoms with Crippen molar-refractivity contribution < 1.29 is 4.92 Å². The van der Waals surface area contributed by atoms with Crippen LogP contribution in [0.3, 0.4) is 0 Å². The molecule has 0 unspecified atom stereocenters. The third-order valence-corrected chi connectivity index (χ3v) is 2.90. The molecule has 0 saturated carbocycles. The molecule has 0 bridgehead atoms. The van der Waals surface area contributed by atoms with Gasteiger partial charge in [0.2, 0.25) is 0 Å². The summed E-state index contributed by atoms with van der Waals surface area (Å²) in [7, 11) is 0. The fraction of sp³-hybridized carbons (Fsp3) is 0.0714. The third kappa shape index (κ3) is 4.06. The van der Waals surface area contributed by atoms with Crippen LogP contribution in [-0.4, -0.2) is 20.7 Å². The summed E-state index contributed by atoms with van der Waals surface area (Å²) in [5.41, 5.74) is 4.24. The summed E-state index contributed by atoms with van der Waals surface area (Å²) in [4.78, 5) is 14.6. The number of hydrogen-bond donors (Lipinski definition) is 2. The van der Waals surface area contributed by atoms with E-state index in [1.165, 1.54) is 6.07 Å². The number of pyridine rings is 1. The second kappa shape index (κ2) is 7.23. The van der Waals surface area contributed by atoms with Gasteiger partial charge in [0.1, 0.15) is 5.69 Å². The van der Waals surface area contributed by atoms with Crippen molar-refractivity contribution in [2.24, 2.45) is 5.10 Å². The summed E-state index contributed by atoms with van der Waals surface area (Å²) in [6.07, 6.45) is 1.66. The maximum Gasteiger partial charge on any atom is 0.292 e. The Morgan fingerprint density at radius 3 is 2.68 bits per heavy atom. The van der Waals surface area contributed by atoms with Gasteiger partial charge in [0.25, 0.3) is 5.69 Å². The molecule has 1 aromatic carbocycles. The molecule has 2 aromatic rings. The second-order valence-electron chi connectivity index (χ2n) is 4.25. The minimum atomic E-state index is -0.479. The monoisotopic (exact) mass is 315 g/mol. The smallest absolute Gasteiger partial charge is 0.292 e. The Bertz CT molecular complexity index is 718. The Labute approximate surface area is 132 Å². The molecule has 0 spiro atoms. The topological polar surface area (TPSA) is 92.5 Å². The van der Waals surface area contributed by atoms with Crippen LogP contribution in [0.2, 0.25) is 0 Å². The van der Waals surface area contributed by atoms with Gasteiger partial charge < -0.3 is 5.32 Å². The maximum absolute atomic E-state index is 10.9. The van der Waals surface area contributed by atoms with Gasteiger partial charge in [-0.3, -0.25) is 20.5 Å². The first kappa shape index (κ1) is 15.5. The van der Waals surface area contributed by atoms with Crippen molar-refractivity contribution in [1.29, 1.82) is 0 Å². The van der Waals surface area contributed by atoms with Gasteiger partial charge in [-0.25, -0.2) is 0 Å². The lowest BCUT2D eigenvalue weighted by Gasteiger charge is -2.08. The van der Waals surface area contributed by atoms with Crippen molar-refractivity contribution in [1.82, 2.24) is 10.4 Å². The number of para-hydroxylation sites is 2. The van der Waals surface area contributed by atoms with E-state index in [1.54, 1.807) is 31.3 Å². The van der Waals surface area contributed by atoms with Crippen molar-refractivity contribution >= 4 is 34.4 Å². The first-order valence-corrected chi connectivity index (χ1v) is 6.75. The lowest BCUT2D eigenvalue weighted by molar-refractivity contribution is -0.383. The Kier molecular flexibility index (Phi) is 5.10. The molecular formula is C14H13N5O2S. The highest BCUT2D eigenvalue weighted by Gasteiger charge is 2.12. The largest absolute Gasteiger partial charge is 0.326 e. The van der Waals surface area contributed by atoms with Gasteiger partial charge in [-0.15, -0.1) is 0 Å². The molecule has 0 amide bonds. The van der Waals surface area contributed by atoms with E-state index in [9.17, 15) is 10.1 Å². The minimum Gasteiger partial charge on any atom is -0.326 e. The van der Waals surface area contributed by atoms with Crippen LogP contribution in [0, 0.1) is 10.1 Å². The molecule has 8 heteroatoms. The molecule has 0 atom stereocenters. The Hall–Kier alpha value is -2.87. The predicted octanol–water partition coefficient (Wildman–Crippen LogP) is 2.70. The highest BCUT2D eigenvalue weighted by Crippen LogP contribution is 2.22. The summed E-state index contributed by atoms with van der Waals surface area (Å²) in [6.45, 7) is 1.78. The number of nitrogens with one attached hydrogen (secondary N) is 2. The van der Waals surface area contributed by atoms with Crippen molar-refractivity contribution in [2.45, 2.75) is 6.92 Å². The van der Waals surface area contributed by atoms with Gasteiger partial charge in [-0.1, -0.05) is 18.2 Å². The fourth-order valence-corrected chi connectivity index (χ4v) is 1.81. The van der Waals surface area contributed by atoms with Crippen molar-refractivity contribution in [3.8, 4) is 0 Å². The van der Waals surface area contributed by atoms with Gasteiger partial charge in [0.15, 0.2) is 5.11 Å². The molecule has 0 aliphatic heterocycles. The Morgan fingerprint density at radius 2 is 2.00 bits per heavy atom. The van der Waals surface area contributed by atoms with E-state index < -0.39 is 4.92 Å². The lowest BCUT2D eigenvalue weighted by atomic mass is 10.3. The van der Waals surface area contributed by atoms with Crippen LogP contribution in [-0.2, 0) is 0 Å². The molecule has 2 N–H and O–H groups in total. The Morgan fingerprint density at radius 1 is 1.27 bits per heavy atom. The normalized spacial score (nSPS) is 10.9. The van der Waals surface area contributed by atoms with Crippen LogP contribution in [0.5, 0.6) is 0 Å². The van der Waals surface area contributed by atoms with E-state index in [-0.39, 0.29) is 10.8 Å². The highest BCUT2D eigenvalue weighted by atomic mass is 32.1. The number of rotatable bonds is 4. The zero-order chi connectivity index (χ0) is 15.9. The molecular weight excluding hydrogens is 302 g/mol. The number of nitro benzene ring substituents is 1. The highest BCUT2D eigenvalue weighted by molar-refractivity contribution is 7.80. The molecule has 0 aliphatic carbocycles. The molecule has 22 heavy (non-hydrogen) atoms. The Balaban J connectivity index is 2.04. The first-order chi connectivity index (χ1) is 10.6. The molecule has 1 aromatic heterocycles. The van der Waals surface area contributed by atoms with Gasteiger partial charge in [0.05, 0.1) is 16.3 Å². The average molecular weight is 315 g/mol. The summed E-state index contributed by atoms with van der Waals surface area (Å²) in [6, 6.07) is 11.7. The van der Waals surface area contributed by atoms with Crippen molar-refractivity contribution in [3.05, 3.63) is 64.5 Å². The van der Waals surface area contributed by atoms with Gasteiger partial charge in [-0.2, -0.15) is 5.10 Å². The van der Waals surface area contributed by atoms with Crippen LogP contribution >= 0.6 is 12.2 Å². The first-order valence-electron chi connectivity index (χ1n) is 6.34. The van der Waals surface area contributed by atoms with E-state index in [0.717, 1.165) is 0 Å². The fourth-order valence-electron chi connectivity index (χ4n) is 1.66. The van der Waals surface area contributed by atoms with Crippen LogP contribution in [0.1, 0.15) is 12.6 Å². The van der Waals surface area contributed by atoms with Gasteiger partial charge >= 0.3 is 0 Å². The van der Waals surface area contributed by atoms with Crippen LogP contribution in [0.4, 0.5) is 11.4 Å². The maximum atomic E-state index is 10.9. The summed E-state index contributed by atoms with van der Waals surface area (Å²) < 4.78 is 0. The molecule has 0 aliphatic rings. The summed E-state index contributed by atoms with van der Waals surface area (Å²) in [5, 5.41) is 17.9. The van der Waals surface area contributed by atoms with E-state index in [0.29, 0.717) is 17.1 Å². The van der Waals surface area contributed by atoms with E-state index in [1.807, 2.05) is 18.2 Å². The van der Waals surface area contributed by atoms with E-state index >= 15 is 0 Å². The SMILES string of the molecule is C/C(=N/NC(=S)Nc1ccccc1[N+](=O)[O-])c1ccccn1. The number of benzene rings is 1. The van der Waals surface area contributed by atoms with E-state index in [4.69, 9.17) is 12.2 Å². The van der Waals surface area contributed by atoms with Crippen LogP contribution in [0.25, 0.3) is 0 Å². The van der Waals surface area contributed by atoms with Crippen molar-refractivity contribution in [2.75, 3.05) is 5.32 Å². The minimum absolute atomic E-state index is 0.0583. The molecule has 2 rings (SSSR count). The molecule has 1 heterocycles. The lowest BCUT2D eigenvalue weighted by Crippen LogP contribution is -2.25. The van der Waals surface area contributed by atoms with Crippen molar-refractivity contribution in [3.63, 3.8) is 0 Å². The third-order valence-electron chi connectivity index (χ3n) is 2.71. The number of hydrogen-bond acceptors (Lipinski definition) is 5. The number of hydrazone groups is 1. The summed E-state index contributed by atoms with van der Waals surface area (Å²) >= 11 is 5.08. The number of thiocarbonyl (C=S) groups is 1. The second-order valence-corrected chi connectivity index (χ2v) is 4.66. The summed E-state index contributed by atoms with van der Waals surface area (Å²) in [5.74, 6) is 0. The quantitative estimate of drug-likeness (QED) is 0.390. The zero-order valence-electron chi connectivity index (χ0n) is 11.7. The molecule has 0 radical (unpaired) electrons. The number of nitro groups is 1. The van der Waals surface area contributed by atoms with Gasteiger partial charge in [-0.05, 0) is 37.3 Å². The standard InChI is InChI=1S/C14H13N5O2S/c1-10(11-6-4-5-9-15-11)17-18-14(22)16-12-7-2-3-8-13(12)19(20)21/h2-9H,1H3,(H2,16,18,22)/b17-10-.